The average molecular weight is 270 g/mol. The molecule has 0 atom stereocenters. The topological polar surface area (TPSA) is 130 Å². The Balaban J connectivity index is 3.87. The van der Waals surface area contributed by atoms with Gasteiger partial charge in [-0.05, 0) is 6.07 Å². The molecule has 0 unspecified atom stereocenters. The molecule has 8 nitrogen and oxygen atoms in total. The molecular formula is C11H10O8. The Hall–Kier alpha value is -2.77. The molecule has 19 heavy (non-hydrogen) atoms. The maximum absolute atomic E-state index is 11.1. The number of carbonyl (C=O) groups is 3. The van der Waals surface area contributed by atoms with E-state index in [9.17, 15) is 14.4 Å². The molecule has 0 aliphatic carbocycles. The van der Waals surface area contributed by atoms with Crippen molar-refractivity contribution in [3.05, 3.63) is 22.8 Å². The van der Waals surface area contributed by atoms with Crippen LogP contribution in [0.3, 0.4) is 0 Å². The van der Waals surface area contributed by atoms with E-state index in [-0.39, 0.29) is 5.75 Å². The second-order valence-corrected chi connectivity index (χ2v) is 3.33. The molecule has 0 saturated heterocycles. The van der Waals surface area contributed by atoms with Crippen LogP contribution in [0.25, 0.3) is 0 Å². The largest absolute Gasteiger partial charge is 0.496 e. The lowest BCUT2D eigenvalue weighted by atomic mass is 10.0. The molecule has 1 aromatic rings. The highest BCUT2D eigenvalue weighted by molar-refractivity contribution is 6.08. The van der Waals surface area contributed by atoms with Gasteiger partial charge in [0.25, 0.3) is 0 Å². The molecule has 1 rings (SSSR count). The van der Waals surface area contributed by atoms with Gasteiger partial charge in [-0.25, -0.2) is 14.4 Å². The minimum Gasteiger partial charge on any atom is -0.496 e. The summed E-state index contributed by atoms with van der Waals surface area (Å²) in [6.07, 6.45) is 0. The van der Waals surface area contributed by atoms with Crippen molar-refractivity contribution in [1.82, 2.24) is 0 Å². The van der Waals surface area contributed by atoms with Gasteiger partial charge in [0.15, 0.2) is 5.75 Å². The van der Waals surface area contributed by atoms with Crippen molar-refractivity contribution in [3.63, 3.8) is 0 Å². The van der Waals surface area contributed by atoms with Crippen molar-refractivity contribution in [1.29, 1.82) is 0 Å². The lowest BCUT2D eigenvalue weighted by Gasteiger charge is -2.14. The fourth-order valence-corrected chi connectivity index (χ4v) is 1.58. The summed E-state index contributed by atoms with van der Waals surface area (Å²) in [5, 5.41) is 27.0. The van der Waals surface area contributed by atoms with Gasteiger partial charge >= 0.3 is 17.9 Å². The van der Waals surface area contributed by atoms with Crippen molar-refractivity contribution < 1.29 is 39.2 Å². The lowest BCUT2D eigenvalue weighted by Crippen LogP contribution is -2.15. The molecule has 0 amide bonds. The van der Waals surface area contributed by atoms with Gasteiger partial charge in [0.1, 0.15) is 16.9 Å². The van der Waals surface area contributed by atoms with Crippen LogP contribution >= 0.6 is 0 Å². The quantitative estimate of drug-likeness (QED) is 0.716. The summed E-state index contributed by atoms with van der Waals surface area (Å²) in [4.78, 5) is 33.2. The second kappa shape index (κ2) is 5.25. The van der Waals surface area contributed by atoms with Gasteiger partial charge in [0, 0.05) is 0 Å². The van der Waals surface area contributed by atoms with E-state index in [0.717, 1.165) is 20.3 Å². The molecule has 8 heteroatoms. The van der Waals surface area contributed by atoms with E-state index in [4.69, 9.17) is 24.8 Å². The van der Waals surface area contributed by atoms with Gasteiger partial charge in [-0.1, -0.05) is 0 Å². The summed E-state index contributed by atoms with van der Waals surface area (Å²) in [5.74, 6) is -5.51. The van der Waals surface area contributed by atoms with Crippen LogP contribution in [0.15, 0.2) is 6.07 Å². The fourth-order valence-electron chi connectivity index (χ4n) is 1.58. The third-order valence-corrected chi connectivity index (χ3v) is 2.33. The first-order valence-corrected chi connectivity index (χ1v) is 4.84. The Labute approximate surface area is 106 Å². The van der Waals surface area contributed by atoms with Crippen LogP contribution < -0.4 is 9.47 Å². The van der Waals surface area contributed by atoms with Crippen LogP contribution in [0.5, 0.6) is 11.5 Å². The zero-order valence-electron chi connectivity index (χ0n) is 9.96. The number of hydrogen-bond donors (Lipinski definition) is 3. The monoisotopic (exact) mass is 270 g/mol. The molecule has 0 saturated carbocycles. The third-order valence-electron chi connectivity index (χ3n) is 2.33. The molecule has 0 spiro atoms. The van der Waals surface area contributed by atoms with Crippen LogP contribution in [0.2, 0.25) is 0 Å². The first-order chi connectivity index (χ1) is 8.84. The van der Waals surface area contributed by atoms with E-state index in [2.05, 4.69) is 0 Å². The summed E-state index contributed by atoms with van der Waals surface area (Å²) >= 11 is 0. The zero-order valence-corrected chi connectivity index (χ0v) is 9.96. The van der Waals surface area contributed by atoms with Crippen molar-refractivity contribution >= 4 is 17.9 Å². The van der Waals surface area contributed by atoms with Crippen molar-refractivity contribution in [2.45, 2.75) is 0 Å². The van der Waals surface area contributed by atoms with Gasteiger partial charge in [-0.2, -0.15) is 0 Å². The number of rotatable bonds is 5. The SMILES string of the molecule is COc1cc(C(=O)O)c(C(=O)O)c(OC)c1C(=O)O. The van der Waals surface area contributed by atoms with E-state index >= 15 is 0 Å². The highest BCUT2D eigenvalue weighted by Gasteiger charge is 2.30. The highest BCUT2D eigenvalue weighted by Crippen LogP contribution is 2.35. The van der Waals surface area contributed by atoms with Crippen LogP contribution in [0.4, 0.5) is 0 Å². The van der Waals surface area contributed by atoms with Crippen molar-refractivity contribution in [2.75, 3.05) is 14.2 Å². The number of carboxylic acids is 3. The number of benzene rings is 1. The number of methoxy groups -OCH3 is 2. The Morgan fingerprint density at radius 2 is 1.42 bits per heavy atom. The maximum Gasteiger partial charge on any atom is 0.343 e. The van der Waals surface area contributed by atoms with Crippen LogP contribution in [0, 0.1) is 0 Å². The van der Waals surface area contributed by atoms with Gasteiger partial charge in [0.2, 0.25) is 0 Å². The Morgan fingerprint density at radius 3 is 1.74 bits per heavy atom. The molecule has 0 fully saturated rings. The Bertz CT molecular complexity index is 560. The standard InChI is InChI=1S/C11H10O8/c1-18-5-3-4(9(12)13)6(10(14)15)8(19-2)7(5)11(16)17/h3H,1-2H3,(H,12,13)(H,14,15)(H,16,17). The molecule has 3 N–H and O–H groups in total. The van der Waals surface area contributed by atoms with E-state index in [1.807, 2.05) is 0 Å². The predicted octanol–water partition coefficient (Wildman–Crippen LogP) is 0.798. The van der Waals surface area contributed by atoms with Crippen LogP contribution in [0.1, 0.15) is 31.1 Å². The summed E-state index contributed by atoms with van der Waals surface area (Å²) < 4.78 is 9.49. The number of aromatic carboxylic acids is 3. The molecule has 0 aromatic heterocycles. The molecule has 0 heterocycles. The van der Waals surface area contributed by atoms with Crippen molar-refractivity contribution in [3.8, 4) is 11.5 Å². The highest BCUT2D eigenvalue weighted by atomic mass is 16.5. The number of carboxylic acid groups (broad SMARTS) is 3. The second-order valence-electron chi connectivity index (χ2n) is 3.33. The Kier molecular flexibility index (Phi) is 3.95. The smallest absolute Gasteiger partial charge is 0.343 e. The molecule has 0 aliphatic rings. The summed E-state index contributed by atoms with van der Waals surface area (Å²) in [6, 6.07) is 0.831. The maximum atomic E-state index is 11.1. The normalized spacial score (nSPS) is 9.79. The summed E-state index contributed by atoms with van der Waals surface area (Å²) in [6.45, 7) is 0. The molecule has 0 radical (unpaired) electrons. The van der Waals surface area contributed by atoms with Gasteiger partial charge in [-0.15, -0.1) is 0 Å². The zero-order chi connectivity index (χ0) is 14.7. The van der Waals surface area contributed by atoms with E-state index in [1.54, 1.807) is 0 Å². The van der Waals surface area contributed by atoms with Crippen LogP contribution in [-0.4, -0.2) is 47.4 Å². The average Bonchev–Trinajstić information content (AvgIpc) is 2.35. The fraction of sp³-hybridized carbons (Fsp3) is 0.182. The van der Waals surface area contributed by atoms with Crippen molar-refractivity contribution in [2.24, 2.45) is 0 Å². The predicted molar refractivity (Wildman–Crippen MR) is 60.4 cm³/mol. The van der Waals surface area contributed by atoms with Crippen LogP contribution in [-0.2, 0) is 0 Å². The molecule has 0 aliphatic heterocycles. The first-order valence-electron chi connectivity index (χ1n) is 4.84. The lowest BCUT2D eigenvalue weighted by molar-refractivity contribution is 0.0643. The van der Waals surface area contributed by atoms with E-state index < -0.39 is 40.3 Å². The molecular weight excluding hydrogens is 260 g/mol. The van der Waals surface area contributed by atoms with E-state index in [1.165, 1.54) is 0 Å². The summed E-state index contributed by atoms with van der Waals surface area (Å²) in [5.41, 5.74) is -1.91. The minimum atomic E-state index is -1.61. The first kappa shape index (κ1) is 14.3. The minimum absolute atomic E-state index is 0.299. The van der Waals surface area contributed by atoms with Gasteiger partial charge in [0.05, 0.1) is 19.8 Å². The molecule has 0 bridgehead atoms. The summed E-state index contributed by atoms with van der Waals surface area (Å²) in [7, 11) is 2.17. The van der Waals surface area contributed by atoms with E-state index in [0.29, 0.717) is 0 Å². The third kappa shape index (κ3) is 2.41. The Morgan fingerprint density at radius 1 is 0.895 bits per heavy atom. The molecule has 1 aromatic carbocycles. The van der Waals surface area contributed by atoms with Gasteiger partial charge in [-0.3, -0.25) is 0 Å². The number of ether oxygens (including phenoxy) is 2. The van der Waals surface area contributed by atoms with Gasteiger partial charge < -0.3 is 24.8 Å². The molecule has 102 valence electrons. The number of hydrogen-bond acceptors (Lipinski definition) is 5.